The van der Waals surface area contributed by atoms with Crippen molar-refractivity contribution in [2.45, 2.75) is 12.5 Å². The van der Waals surface area contributed by atoms with Crippen LogP contribution in [0.2, 0.25) is 0 Å². The quantitative estimate of drug-likeness (QED) is 0.843. The van der Waals surface area contributed by atoms with Gasteiger partial charge < -0.3 is 15.0 Å². The molecule has 0 spiro atoms. The number of methoxy groups -OCH3 is 1. The highest BCUT2D eigenvalue weighted by Crippen LogP contribution is 2.32. The van der Waals surface area contributed by atoms with Crippen molar-refractivity contribution in [3.63, 3.8) is 0 Å². The van der Waals surface area contributed by atoms with Gasteiger partial charge in [0.2, 0.25) is 0 Å². The van der Waals surface area contributed by atoms with Crippen LogP contribution in [0.25, 0.3) is 0 Å². The van der Waals surface area contributed by atoms with Crippen LogP contribution in [0.3, 0.4) is 0 Å². The first-order valence-electron chi connectivity index (χ1n) is 5.96. The van der Waals surface area contributed by atoms with Crippen molar-refractivity contribution in [3.05, 3.63) is 16.9 Å². The minimum absolute atomic E-state index is 0.657. The summed E-state index contributed by atoms with van der Waals surface area (Å²) in [7, 11) is 1.67. The van der Waals surface area contributed by atoms with E-state index < -0.39 is 0 Å². The van der Waals surface area contributed by atoms with Crippen LogP contribution in [-0.4, -0.2) is 37.8 Å². The highest BCUT2D eigenvalue weighted by Gasteiger charge is 2.36. The lowest BCUT2D eigenvalue weighted by molar-refractivity contribution is 0.410. The Morgan fingerprint density at radius 2 is 2.41 bits per heavy atom. The van der Waals surface area contributed by atoms with E-state index >= 15 is 0 Å². The van der Waals surface area contributed by atoms with E-state index in [2.05, 4.69) is 37.2 Å². The van der Waals surface area contributed by atoms with Crippen molar-refractivity contribution in [1.82, 2.24) is 10.3 Å². The Kier molecular flexibility index (Phi) is 2.96. The number of fused-ring (bicyclic) bond motifs is 1. The summed E-state index contributed by atoms with van der Waals surface area (Å²) in [5.74, 6) is 1.59. The Morgan fingerprint density at radius 3 is 3.18 bits per heavy atom. The number of nitrogens with one attached hydrogen (secondary N) is 1. The minimum atomic E-state index is 0.657. The fourth-order valence-corrected chi connectivity index (χ4v) is 3.17. The van der Waals surface area contributed by atoms with Crippen LogP contribution in [0.15, 0.2) is 16.9 Å². The van der Waals surface area contributed by atoms with Gasteiger partial charge in [0.05, 0.1) is 19.0 Å². The van der Waals surface area contributed by atoms with Gasteiger partial charge in [0.15, 0.2) is 5.75 Å². The molecule has 1 aromatic heterocycles. The molecule has 0 aromatic carbocycles. The smallest absolute Gasteiger partial charge is 0.153 e. The third-order valence-electron chi connectivity index (χ3n) is 3.74. The number of nitrogens with zero attached hydrogens (tertiary/aromatic N) is 2. The molecule has 17 heavy (non-hydrogen) atoms. The molecule has 2 fully saturated rings. The van der Waals surface area contributed by atoms with E-state index in [9.17, 15) is 0 Å². The molecule has 2 saturated heterocycles. The van der Waals surface area contributed by atoms with E-state index in [4.69, 9.17) is 4.74 Å². The van der Waals surface area contributed by atoms with Crippen molar-refractivity contribution >= 4 is 21.6 Å². The van der Waals surface area contributed by atoms with Crippen LogP contribution in [0.4, 0.5) is 5.69 Å². The fraction of sp³-hybridized carbons (Fsp3) is 0.583. The van der Waals surface area contributed by atoms with Gasteiger partial charge in [-0.15, -0.1) is 0 Å². The van der Waals surface area contributed by atoms with Gasteiger partial charge in [-0.05, 0) is 34.8 Å². The molecule has 92 valence electrons. The van der Waals surface area contributed by atoms with Crippen molar-refractivity contribution < 1.29 is 4.74 Å². The number of pyridine rings is 1. The predicted octanol–water partition coefficient (Wildman–Crippen LogP) is 1.65. The number of aromatic nitrogens is 1. The number of rotatable bonds is 2. The molecule has 4 nitrogen and oxygen atoms in total. The van der Waals surface area contributed by atoms with E-state index in [0.717, 1.165) is 35.0 Å². The van der Waals surface area contributed by atoms with E-state index in [1.807, 2.05) is 6.20 Å². The molecule has 5 heteroatoms. The second kappa shape index (κ2) is 4.46. The number of hydrogen-bond donors (Lipinski definition) is 1. The van der Waals surface area contributed by atoms with E-state index in [1.54, 1.807) is 7.11 Å². The topological polar surface area (TPSA) is 37.4 Å². The van der Waals surface area contributed by atoms with E-state index in [0.29, 0.717) is 6.04 Å². The van der Waals surface area contributed by atoms with Gasteiger partial charge in [0.25, 0.3) is 0 Å². The zero-order valence-corrected chi connectivity index (χ0v) is 11.4. The molecule has 0 radical (unpaired) electrons. The molecule has 0 aliphatic carbocycles. The molecule has 2 aliphatic heterocycles. The van der Waals surface area contributed by atoms with Crippen molar-refractivity contribution in [2.75, 3.05) is 31.6 Å². The molecule has 0 amide bonds. The molecular weight excluding hydrogens is 282 g/mol. The van der Waals surface area contributed by atoms with Gasteiger partial charge in [0, 0.05) is 25.2 Å². The Bertz CT molecular complexity index is 414. The highest BCUT2D eigenvalue weighted by molar-refractivity contribution is 9.10. The zero-order valence-electron chi connectivity index (χ0n) is 9.82. The molecule has 0 saturated carbocycles. The summed E-state index contributed by atoms with van der Waals surface area (Å²) in [5, 5.41) is 3.56. The average Bonchev–Trinajstić information content (AvgIpc) is 2.90. The first-order chi connectivity index (χ1) is 8.28. The zero-order chi connectivity index (χ0) is 11.8. The highest BCUT2D eigenvalue weighted by atomic mass is 79.9. The van der Waals surface area contributed by atoms with Gasteiger partial charge in [-0.25, -0.2) is 4.98 Å². The summed E-state index contributed by atoms with van der Waals surface area (Å²) >= 11 is 3.38. The number of hydrogen-bond acceptors (Lipinski definition) is 4. The minimum Gasteiger partial charge on any atom is -0.494 e. The second-order valence-electron chi connectivity index (χ2n) is 4.70. The summed E-state index contributed by atoms with van der Waals surface area (Å²) < 4.78 is 6.05. The largest absolute Gasteiger partial charge is 0.494 e. The van der Waals surface area contributed by atoms with Crippen LogP contribution in [-0.2, 0) is 0 Å². The monoisotopic (exact) mass is 297 g/mol. The summed E-state index contributed by atoms with van der Waals surface area (Å²) in [6, 6.07) is 2.71. The lowest BCUT2D eigenvalue weighted by atomic mass is 10.1. The fourth-order valence-electron chi connectivity index (χ4n) is 2.79. The third kappa shape index (κ3) is 2.02. The first kappa shape index (κ1) is 11.3. The van der Waals surface area contributed by atoms with E-state index in [-0.39, 0.29) is 0 Å². The summed E-state index contributed by atoms with van der Waals surface area (Å²) in [4.78, 5) is 6.71. The molecule has 3 rings (SSSR count). The SMILES string of the molecule is COc1cc(N2C[C@H]3CCN[C@H]3C2)cnc1Br. The standard InChI is InChI=1S/C12H16BrN3O/c1-17-11-4-9(5-15-12(11)13)16-6-8-2-3-14-10(8)7-16/h4-5,8,10,14H,2-3,6-7H2,1H3/t8-,10+/m1/s1. The Hall–Kier alpha value is -0.810. The van der Waals surface area contributed by atoms with Gasteiger partial charge in [-0.3, -0.25) is 0 Å². The van der Waals surface area contributed by atoms with Crippen LogP contribution in [0.5, 0.6) is 5.75 Å². The average molecular weight is 298 g/mol. The number of halogens is 1. The van der Waals surface area contributed by atoms with Crippen molar-refractivity contribution in [1.29, 1.82) is 0 Å². The summed E-state index contributed by atoms with van der Waals surface area (Å²) in [5.41, 5.74) is 1.15. The number of anilines is 1. The lowest BCUT2D eigenvalue weighted by Crippen LogP contribution is -2.30. The van der Waals surface area contributed by atoms with Crippen LogP contribution >= 0.6 is 15.9 Å². The maximum absolute atomic E-state index is 5.29. The Balaban J connectivity index is 1.81. The third-order valence-corrected chi connectivity index (χ3v) is 4.34. The molecule has 2 aliphatic rings. The molecule has 1 aromatic rings. The molecule has 2 atom stereocenters. The van der Waals surface area contributed by atoms with Crippen molar-refractivity contribution in [2.24, 2.45) is 5.92 Å². The first-order valence-corrected chi connectivity index (χ1v) is 6.75. The Morgan fingerprint density at radius 1 is 1.53 bits per heavy atom. The maximum atomic E-state index is 5.29. The second-order valence-corrected chi connectivity index (χ2v) is 5.45. The van der Waals surface area contributed by atoms with Gasteiger partial charge in [-0.2, -0.15) is 0 Å². The predicted molar refractivity (Wildman–Crippen MR) is 70.6 cm³/mol. The van der Waals surface area contributed by atoms with E-state index in [1.165, 1.54) is 13.0 Å². The molecular formula is C12H16BrN3O. The maximum Gasteiger partial charge on any atom is 0.153 e. The van der Waals surface area contributed by atoms with Crippen molar-refractivity contribution in [3.8, 4) is 5.75 Å². The molecule has 0 unspecified atom stereocenters. The van der Waals surface area contributed by atoms with Gasteiger partial charge >= 0.3 is 0 Å². The molecule has 0 bridgehead atoms. The normalized spacial score (nSPS) is 27.3. The Labute approximate surface area is 109 Å². The van der Waals surface area contributed by atoms with Crippen LogP contribution < -0.4 is 15.0 Å². The lowest BCUT2D eigenvalue weighted by Gasteiger charge is -2.20. The molecule has 3 heterocycles. The van der Waals surface area contributed by atoms with Gasteiger partial charge in [-0.1, -0.05) is 0 Å². The van der Waals surface area contributed by atoms with Crippen LogP contribution in [0.1, 0.15) is 6.42 Å². The summed E-state index contributed by atoms with van der Waals surface area (Å²) in [6.45, 7) is 3.38. The summed E-state index contributed by atoms with van der Waals surface area (Å²) in [6.07, 6.45) is 3.20. The van der Waals surface area contributed by atoms with Gasteiger partial charge in [0.1, 0.15) is 4.60 Å². The molecule has 1 N–H and O–H groups in total. The van der Waals surface area contributed by atoms with Crippen LogP contribution in [0, 0.1) is 5.92 Å². The number of ether oxygens (including phenoxy) is 1.